The number of halogens is 1. The molecule has 4 aromatic rings. The standard InChI is InChI=1S/C29H23ClN2O4S/c1-35-19-8-5-7-18(15-19)26-21-11-10-17-6-3-4-9-20(17)25(21)31-29-32(26)28(34)24(37-29)14-16-12-22(30)27(33)23(13-16)36-2/h3-9,12-15,26,33H,10-11H2,1-2H3/t26-/m0/s1. The molecule has 1 aliphatic carbocycles. The highest BCUT2D eigenvalue weighted by atomic mass is 35.5. The monoisotopic (exact) mass is 530 g/mol. The zero-order chi connectivity index (χ0) is 25.7. The van der Waals surface area contributed by atoms with E-state index in [2.05, 4.69) is 18.2 Å². The molecule has 2 aliphatic rings. The number of allylic oxidation sites excluding steroid dienone is 1. The summed E-state index contributed by atoms with van der Waals surface area (Å²) < 4.78 is 13.1. The number of aromatic nitrogens is 1. The van der Waals surface area contributed by atoms with Crippen molar-refractivity contribution in [3.8, 4) is 17.2 Å². The van der Waals surface area contributed by atoms with Gasteiger partial charge in [-0.15, -0.1) is 0 Å². The predicted octanol–water partition coefficient (Wildman–Crippen LogP) is 4.69. The number of phenols is 1. The van der Waals surface area contributed by atoms with Gasteiger partial charge < -0.3 is 14.6 Å². The van der Waals surface area contributed by atoms with Crippen molar-refractivity contribution in [2.45, 2.75) is 18.9 Å². The van der Waals surface area contributed by atoms with Gasteiger partial charge in [0, 0.05) is 5.56 Å². The van der Waals surface area contributed by atoms with Crippen LogP contribution in [0.2, 0.25) is 5.02 Å². The topological polar surface area (TPSA) is 73.1 Å². The van der Waals surface area contributed by atoms with Crippen LogP contribution in [-0.4, -0.2) is 23.9 Å². The van der Waals surface area contributed by atoms with E-state index < -0.39 is 0 Å². The van der Waals surface area contributed by atoms with Crippen LogP contribution in [0.3, 0.4) is 0 Å². The zero-order valence-corrected chi connectivity index (χ0v) is 21.8. The Hall–Kier alpha value is -3.81. The lowest BCUT2D eigenvalue weighted by molar-refractivity contribution is 0.373. The van der Waals surface area contributed by atoms with Gasteiger partial charge in [-0.2, -0.15) is 0 Å². The molecule has 0 spiro atoms. The lowest BCUT2D eigenvalue weighted by Gasteiger charge is -2.31. The van der Waals surface area contributed by atoms with Crippen LogP contribution in [0.25, 0.3) is 11.8 Å². The normalized spacial score (nSPS) is 16.5. The van der Waals surface area contributed by atoms with Crippen LogP contribution in [-0.2, 0) is 6.42 Å². The third kappa shape index (κ3) is 3.95. The highest BCUT2D eigenvalue weighted by molar-refractivity contribution is 7.07. The second-order valence-corrected chi connectivity index (χ2v) is 10.4. The Kier molecular flexibility index (Phi) is 5.89. The minimum absolute atomic E-state index is 0.132. The number of ether oxygens (including phenoxy) is 2. The van der Waals surface area contributed by atoms with Crippen molar-refractivity contribution in [1.29, 1.82) is 0 Å². The fourth-order valence-electron chi connectivity index (χ4n) is 5.12. The minimum atomic E-state index is -0.296. The number of aromatic hydroxyl groups is 1. The Morgan fingerprint density at radius 3 is 2.73 bits per heavy atom. The molecule has 6 rings (SSSR count). The summed E-state index contributed by atoms with van der Waals surface area (Å²) in [4.78, 5) is 19.6. The number of aryl methyl sites for hydroxylation is 1. The lowest BCUT2D eigenvalue weighted by atomic mass is 9.83. The summed E-state index contributed by atoms with van der Waals surface area (Å²) in [5.74, 6) is 0.848. The Labute approximate surface area is 222 Å². The van der Waals surface area contributed by atoms with Gasteiger partial charge in [0.15, 0.2) is 16.3 Å². The molecule has 3 aromatic carbocycles. The molecule has 0 saturated carbocycles. The average molecular weight is 531 g/mol. The molecule has 0 fully saturated rings. The van der Waals surface area contributed by atoms with E-state index in [9.17, 15) is 9.90 Å². The molecule has 186 valence electrons. The fraction of sp³-hybridized carbons (Fsp3) is 0.172. The van der Waals surface area contributed by atoms with Crippen molar-refractivity contribution < 1.29 is 14.6 Å². The van der Waals surface area contributed by atoms with Gasteiger partial charge in [-0.3, -0.25) is 9.36 Å². The summed E-state index contributed by atoms with van der Waals surface area (Å²) in [5, 5.41) is 10.3. The maximum Gasteiger partial charge on any atom is 0.271 e. The first kappa shape index (κ1) is 23.6. The van der Waals surface area contributed by atoms with Gasteiger partial charge in [0.1, 0.15) is 5.75 Å². The summed E-state index contributed by atoms with van der Waals surface area (Å²) in [6, 6.07) is 19.2. The summed E-state index contributed by atoms with van der Waals surface area (Å²) in [6.07, 6.45) is 3.46. The molecule has 1 aromatic heterocycles. The summed E-state index contributed by atoms with van der Waals surface area (Å²) >= 11 is 7.54. The molecular formula is C29H23ClN2O4S. The number of thiazole rings is 1. The fourth-order valence-corrected chi connectivity index (χ4v) is 6.34. The Balaban J connectivity index is 1.61. The van der Waals surface area contributed by atoms with E-state index in [4.69, 9.17) is 26.1 Å². The van der Waals surface area contributed by atoms with Crippen molar-refractivity contribution in [3.05, 3.63) is 113 Å². The van der Waals surface area contributed by atoms with Crippen molar-refractivity contribution in [1.82, 2.24) is 4.57 Å². The summed E-state index contributed by atoms with van der Waals surface area (Å²) in [6.45, 7) is 0. The molecular weight excluding hydrogens is 508 g/mol. The Morgan fingerprint density at radius 2 is 1.92 bits per heavy atom. The molecule has 0 radical (unpaired) electrons. The molecule has 0 amide bonds. The number of hydrogen-bond donors (Lipinski definition) is 1. The molecule has 0 saturated heterocycles. The van der Waals surface area contributed by atoms with E-state index in [1.165, 1.54) is 24.0 Å². The Morgan fingerprint density at radius 1 is 1.08 bits per heavy atom. The maximum atomic E-state index is 13.9. The minimum Gasteiger partial charge on any atom is -0.503 e. The molecule has 1 aliphatic heterocycles. The van der Waals surface area contributed by atoms with E-state index in [0.717, 1.165) is 41.0 Å². The lowest BCUT2D eigenvalue weighted by Crippen LogP contribution is -2.38. The number of benzene rings is 3. The van der Waals surface area contributed by atoms with Crippen LogP contribution >= 0.6 is 22.9 Å². The smallest absolute Gasteiger partial charge is 0.271 e. The SMILES string of the molecule is COc1cccc([C@H]2C3=C(N=c4sc(=Cc5cc(Cl)c(O)c(OC)c5)c(=O)n42)c2ccccc2CC3)c1. The number of nitrogens with zero attached hydrogens (tertiary/aromatic N) is 2. The van der Waals surface area contributed by atoms with Gasteiger partial charge in [-0.25, -0.2) is 4.99 Å². The molecule has 6 nitrogen and oxygen atoms in total. The van der Waals surface area contributed by atoms with Crippen molar-refractivity contribution in [2.24, 2.45) is 4.99 Å². The van der Waals surface area contributed by atoms with E-state index in [-0.39, 0.29) is 28.1 Å². The van der Waals surface area contributed by atoms with E-state index in [1.54, 1.807) is 29.9 Å². The highest BCUT2D eigenvalue weighted by Crippen LogP contribution is 2.41. The van der Waals surface area contributed by atoms with E-state index in [1.807, 2.05) is 30.3 Å². The van der Waals surface area contributed by atoms with Crippen LogP contribution in [0.1, 0.15) is 34.7 Å². The molecule has 0 unspecified atom stereocenters. The van der Waals surface area contributed by atoms with Gasteiger partial charge in [-0.05, 0) is 65.4 Å². The predicted molar refractivity (Wildman–Crippen MR) is 145 cm³/mol. The average Bonchev–Trinajstić information content (AvgIpc) is 3.23. The second kappa shape index (κ2) is 9.25. The first-order valence-corrected chi connectivity index (χ1v) is 13.0. The van der Waals surface area contributed by atoms with Crippen LogP contribution in [0, 0.1) is 0 Å². The molecule has 1 N–H and O–H groups in total. The molecule has 1 atom stereocenters. The third-order valence-corrected chi connectivity index (χ3v) is 8.12. The van der Waals surface area contributed by atoms with Gasteiger partial charge in [0.05, 0.1) is 35.5 Å². The quantitative estimate of drug-likeness (QED) is 0.415. The zero-order valence-electron chi connectivity index (χ0n) is 20.2. The largest absolute Gasteiger partial charge is 0.503 e. The van der Waals surface area contributed by atoms with E-state index >= 15 is 0 Å². The number of fused-ring (bicyclic) bond motifs is 3. The summed E-state index contributed by atoms with van der Waals surface area (Å²) in [5.41, 5.74) is 5.94. The van der Waals surface area contributed by atoms with Gasteiger partial charge in [0.2, 0.25) is 0 Å². The number of hydrogen-bond acceptors (Lipinski definition) is 6. The highest BCUT2D eigenvalue weighted by Gasteiger charge is 2.32. The number of rotatable bonds is 4. The maximum absolute atomic E-state index is 13.9. The molecule has 8 heteroatoms. The van der Waals surface area contributed by atoms with E-state index in [0.29, 0.717) is 14.9 Å². The van der Waals surface area contributed by atoms with Crippen LogP contribution < -0.4 is 24.4 Å². The number of phenolic OH excluding ortho intramolecular Hbond substituents is 1. The molecule has 2 heterocycles. The first-order chi connectivity index (χ1) is 18.0. The van der Waals surface area contributed by atoms with Crippen molar-refractivity contribution >= 4 is 34.7 Å². The molecule has 37 heavy (non-hydrogen) atoms. The summed E-state index contributed by atoms with van der Waals surface area (Å²) in [7, 11) is 3.10. The molecule has 0 bridgehead atoms. The van der Waals surface area contributed by atoms with Crippen LogP contribution in [0.5, 0.6) is 17.2 Å². The van der Waals surface area contributed by atoms with Gasteiger partial charge >= 0.3 is 0 Å². The van der Waals surface area contributed by atoms with Gasteiger partial charge in [0.25, 0.3) is 5.56 Å². The van der Waals surface area contributed by atoms with Crippen molar-refractivity contribution in [3.63, 3.8) is 0 Å². The first-order valence-electron chi connectivity index (χ1n) is 11.8. The number of methoxy groups -OCH3 is 2. The third-order valence-electron chi connectivity index (χ3n) is 6.85. The van der Waals surface area contributed by atoms with Crippen LogP contribution in [0.15, 0.2) is 76.0 Å². The van der Waals surface area contributed by atoms with Crippen molar-refractivity contribution in [2.75, 3.05) is 14.2 Å². The van der Waals surface area contributed by atoms with Gasteiger partial charge in [-0.1, -0.05) is 59.3 Å². The Bertz CT molecular complexity index is 1770. The second-order valence-electron chi connectivity index (χ2n) is 8.94. The van der Waals surface area contributed by atoms with Crippen LogP contribution in [0.4, 0.5) is 0 Å².